The summed E-state index contributed by atoms with van der Waals surface area (Å²) in [6.07, 6.45) is 12.9. The predicted octanol–water partition coefficient (Wildman–Crippen LogP) is 7.09. The third-order valence-corrected chi connectivity index (χ3v) is 10.6. The Hall–Kier alpha value is -0.710. The number of hydrogen-bond donors (Lipinski definition) is 1. The second-order valence-corrected chi connectivity index (χ2v) is 13.4. The SMILES string of the molecule is C=C1CC[C@H](O)C/C1=C\C=C1/CCC[C@]2(C)[C@H]1C1OP3(=O)OC1(O3)[C@@H]2[C@H](C)CCCC(C)C. The molecule has 2 bridgehead atoms. The van der Waals surface area contributed by atoms with Crippen molar-refractivity contribution in [2.75, 3.05) is 0 Å². The summed E-state index contributed by atoms with van der Waals surface area (Å²) in [6, 6.07) is 0. The molecule has 5 nitrogen and oxygen atoms in total. The lowest BCUT2D eigenvalue weighted by molar-refractivity contribution is -0.224. The van der Waals surface area contributed by atoms with Crippen molar-refractivity contribution in [1.82, 2.24) is 0 Å². The maximum Gasteiger partial charge on any atom is 0.480 e. The standard InChI is InChI=1S/C27H41O5P/c1-17(2)8-6-9-19(4)24-26(5)15-7-10-20(12-13-21-16-22(28)14-11-18(21)3)23(26)25-27(24)31-33(29,30-25)32-27/h12-13,17,19,22-25,28H,3,6-11,14-16H2,1-2,4-5H3/b20-12+,21-13+/t19-,22+,23-,24-,25?,26-,27?,33?/m1/s1. The van der Waals surface area contributed by atoms with E-state index in [1.54, 1.807) is 0 Å². The molecule has 0 aromatic heterocycles. The molecular formula is C27H41O5P. The first-order chi connectivity index (χ1) is 15.6. The number of fused-ring (bicyclic) bond motifs is 1. The molecule has 1 N–H and O–H groups in total. The van der Waals surface area contributed by atoms with E-state index in [2.05, 4.69) is 46.4 Å². The van der Waals surface area contributed by atoms with Crippen LogP contribution in [0, 0.1) is 29.1 Å². The molecule has 3 heterocycles. The molecular weight excluding hydrogens is 435 g/mol. The van der Waals surface area contributed by atoms with Gasteiger partial charge in [0.05, 0.1) is 6.10 Å². The number of phosphoric acid groups is 1. The molecule has 0 amide bonds. The van der Waals surface area contributed by atoms with Crippen molar-refractivity contribution in [3.05, 3.63) is 35.5 Å². The largest absolute Gasteiger partial charge is 0.480 e. The van der Waals surface area contributed by atoms with Crippen LogP contribution in [0.25, 0.3) is 0 Å². The van der Waals surface area contributed by atoms with E-state index in [-0.39, 0.29) is 29.5 Å². The molecule has 33 heavy (non-hydrogen) atoms. The molecule has 6 heteroatoms. The van der Waals surface area contributed by atoms with E-state index < -0.39 is 13.6 Å². The van der Waals surface area contributed by atoms with Crippen LogP contribution in [0.4, 0.5) is 0 Å². The fourth-order valence-electron chi connectivity index (χ4n) is 7.70. The molecule has 3 aliphatic heterocycles. The third kappa shape index (κ3) is 3.87. The summed E-state index contributed by atoms with van der Waals surface area (Å²) in [4.78, 5) is 0. The molecule has 3 saturated carbocycles. The fraction of sp³-hybridized carbons (Fsp3) is 0.778. The molecule has 0 aromatic rings. The highest BCUT2D eigenvalue weighted by Crippen LogP contribution is 2.84. The maximum atomic E-state index is 12.8. The van der Waals surface area contributed by atoms with E-state index in [4.69, 9.17) is 13.6 Å². The van der Waals surface area contributed by atoms with Crippen molar-refractivity contribution in [3.63, 3.8) is 0 Å². The zero-order chi connectivity index (χ0) is 23.6. The summed E-state index contributed by atoms with van der Waals surface area (Å²) in [6.45, 7) is 13.5. The van der Waals surface area contributed by atoms with Crippen LogP contribution in [0.5, 0.6) is 0 Å². The number of hydrogen-bond acceptors (Lipinski definition) is 5. The molecule has 6 atom stereocenters. The second-order valence-electron chi connectivity index (χ2n) is 11.9. The van der Waals surface area contributed by atoms with Crippen LogP contribution in [0.2, 0.25) is 0 Å². The van der Waals surface area contributed by atoms with E-state index >= 15 is 0 Å². The van der Waals surface area contributed by atoms with Crippen molar-refractivity contribution >= 4 is 7.82 Å². The van der Waals surface area contributed by atoms with E-state index in [1.807, 2.05) is 0 Å². The Morgan fingerprint density at radius 3 is 2.70 bits per heavy atom. The van der Waals surface area contributed by atoms with Crippen molar-refractivity contribution in [1.29, 1.82) is 0 Å². The van der Waals surface area contributed by atoms with E-state index in [0.717, 1.165) is 49.7 Å². The molecule has 3 aliphatic carbocycles. The van der Waals surface area contributed by atoms with Gasteiger partial charge in [-0.2, -0.15) is 0 Å². The highest BCUT2D eigenvalue weighted by atomic mass is 31.2. The Kier molecular flexibility index (Phi) is 6.15. The summed E-state index contributed by atoms with van der Waals surface area (Å²) in [5.41, 5.74) is 3.61. The Morgan fingerprint density at radius 1 is 1.21 bits per heavy atom. The van der Waals surface area contributed by atoms with Crippen LogP contribution in [-0.2, 0) is 18.1 Å². The van der Waals surface area contributed by atoms with Gasteiger partial charge in [-0.05, 0) is 61.3 Å². The highest BCUT2D eigenvalue weighted by Gasteiger charge is 2.84. The number of rotatable bonds is 6. The Morgan fingerprint density at radius 2 is 1.97 bits per heavy atom. The van der Waals surface area contributed by atoms with Crippen LogP contribution in [0.1, 0.15) is 85.5 Å². The van der Waals surface area contributed by atoms with Gasteiger partial charge in [-0.15, -0.1) is 0 Å². The lowest BCUT2D eigenvalue weighted by Gasteiger charge is -2.49. The molecule has 184 valence electrons. The first kappa shape index (κ1) is 24.0. The van der Waals surface area contributed by atoms with Gasteiger partial charge < -0.3 is 5.11 Å². The fourth-order valence-corrected chi connectivity index (χ4v) is 9.48. The normalized spacial score (nSPS) is 47.6. The minimum Gasteiger partial charge on any atom is -0.393 e. The van der Waals surface area contributed by atoms with Crippen molar-refractivity contribution in [2.24, 2.45) is 29.1 Å². The molecule has 0 radical (unpaired) electrons. The van der Waals surface area contributed by atoms with Gasteiger partial charge in [-0.3, -0.25) is 4.52 Å². The zero-order valence-electron chi connectivity index (χ0n) is 20.7. The molecule has 1 spiro atoms. The topological polar surface area (TPSA) is 65.0 Å². The summed E-state index contributed by atoms with van der Waals surface area (Å²) >= 11 is 0. The zero-order valence-corrected chi connectivity index (χ0v) is 21.6. The van der Waals surface area contributed by atoms with Gasteiger partial charge in [0.25, 0.3) is 0 Å². The average molecular weight is 477 g/mol. The molecule has 6 aliphatic rings. The summed E-state index contributed by atoms with van der Waals surface area (Å²) in [7, 11) is -3.38. The Labute approximate surface area is 199 Å². The van der Waals surface area contributed by atoms with Gasteiger partial charge in [-0.1, -0.05) is 76.8 Å². The first-order valence-corrected chi connectivity index (χ1v) is 14.5. The van der Waals surface area contributed by atoms with Crippen molar-refractivity contribution in [2.45, 2.75) is 103 Å². The van der Waals surface area contributed by atoms with Gasteiger partial charge in [0.1, 0.15) is 6.10 Å². The van der Waals surface area contributed by atoms with Crippen LogP contribution in [0.15, 0.2) is 35.5 Å². The highest BCUT2D eigenvalue weighted by molar-refractivity contribution is 7.50. The lowest BCUT2D eigenvalue weighted by Crippen LogP contribution is -2.51. The molecule has 6 rings (SSSR count). The second kappa shape index (κ2) is 8.45. The van der Waals surface area contributed by atoms with E-state index in [1.165, 1.54) is 18.4 Å². The number of allylic oxidation sites excluding steroid dienone is 3. The van der Waals surface area contributed by atoms with Crippen LogP contribution in [0.3, 0.4) is 0 Å². The maximum absolute atomic E-state index is 12.8. The van der Waals surface area contributed by atoms with Crippen molar-refractivity contribution < 1.29 is 23.2 Å². The monoisotopic (exact) mass is 476 g/mol. The van der Waals surface area contributed by atoms with Crippen LogP contribution >= 0.6 is 7.82 Å². The quantitative estimate of drug-likeness (QED) is 0.415. The molecule has 6 fully saturated rings. The Balaban J connectivity index is 1.46. The molecule has 0 aromatic carbocycles. The minimum atomic E-state index is -3.38. The first-order valence-electron chi connectivity index (χ1n) is 13.0. The van der Waals surface area contributed by atoms with Gasteiger partial charge in [-0.25, -0.2) is 13.6 Å². The van der Waals surface area contributed by atoms with Gasteiger partial charge in [0.15, 0.2) is 0 Å². The third-order valence-electron chi connectivity index (χ3n) is 9.08. The van der Waals surface area contributed by atoms with Crippen LogP contribution in [-0.4, -0.2) is 23.1 Å². The van der Waals surface area contributed by atoms with Gasteiger partial charge >= 0.3 is 7.82 Å². The minimum absolute atomic E-state index is 0.0146. The summed E-state index contributed by atoms with van der Waals surface area (Å²) < 4.78 is 31.0. The molecule has 3 saturated heterocycles. The van der Waals surface area contributed by atoms with Gasteiger partial charge in [0.2, 0.25) is 5.79 Å². The van der Waals surface area contributed by atoms with Crippen LogP contribution < -0.4 is 0 Å². The smallest absolute Gasteiger partial charge is 0.393 e. The number of aliphatic hydroxyl groups excluding tert-OH is 1. The van der Waals surface area contributed by atoms with Gasteiger partial charge in [0, 0.05) is 11.8 Å². The van der Waals surface area contributed by atoms with E-state index in [0.29, 0.717) is 18.3 Å². The average Bonchev–Trinajstić information content (AvgIpc) is 3.23. The number of aliphatic hydroxyl groups is 1. The lowest BCUT2D eigenvalue weighted by atomic mass is 9.60. The summed E-state index contributed by atoms with van der Waals surface area (Å²) in [5, 5.41) is 10.1. The predicted molar refractivity (Wildman–Crippen MR) is 129 cm³/mol. The Bertz CT molecular complexity index is 909. The molecule has 1 unspecified atom stereocenters. The van der Waals surface area contributed by atoms with Crippen molar-refractivity contribution in [3.8, 4) is 0 Å². The van der Waals surface area contributed by atoms with E-state index in [9.17, 15) is 9.67 Å². The summed E-state index contributed by atoms with van der Waals surface area (Å²) in [5.74, 6) is 0.558. The number of phosphoric ester groups is 1.